The predicted molar refractivity (Wildman–Crippen MR) is 85.0 cm³/mol. The number of amides is 1. The van der Waals surface area contributed by atoms with Crippen LogP contribution in [0.3, 0.4) is 0 Å². The molecule has 0 aliphatic heterocycles. The third-order valence-corrected chi connectivity index (χ3v) is 3.55. The molecule has 1 amide bonds. The maximum atomic E-state index is 12.9. The largest absolute Gasteiger partial charge is 0.418 e. The first-order valence-corrected chi connectivity index (χ1v) is 7.67. The van der Waals surface area contributed by atoms with Gasteiger partial charge in [-0.25, -0.2) is 0 Å². The van der Waals surface area contributed by atoms with Crippen LogP contribution in [-0.2, 0) is 23.3 Å². The van der Waals surface area contributed by atoms with Crippen molar-refractivity contribution in [3.05, 3.63) is 59.2 Å². The molecule has 2 aromatic rings. The van der Waals surface area contributed by atoms with Gasteiger partial charge in [0.25, 0.3) is 0 Å². The van der Waals surface area contributed by atoms with Crippen molar-refractivity contribution in [2.24, 2.45) is 0 Å². The van der Waals surface area contributed by atoms with E-state index in [0.717, 1.165) is 12.1 Å². The zero-order valence-electron chi connectivity index (χ0n) is 14.1. The van der Waals surface area contributed by atoms with Crippen LogP contribution >= 0.6 is 0 Å². The lowest BCUT2D eigenvalue weighted by Crippen LogP contribution is -2.24. The van der Waals surface area contributed by atoms with E-state index in [4.69, 9.17) is 0 Å². The summed E-state index contributed by atoms with van der Waals surface area (Å²) in [6.45, 7) is -0.870. The number of nitrogens with one attached hydrogen (secondary N) is 2. The van der Waals surface area contributed by atoms with Gasteiger partial charge < -0.3 is 10.6 Å². The average molecular weight is 430 g/mol. The van der Waals surface area contributed by atoms with Crippen LogP contribution in [0.2, 0.25) is 0 Å². The Hall–Kier alpha value is -2.92. The normalized spacial score (nSPS) is 12.6. The number of anilines is 2. The average Bonchev–Trinajstić information content (AvgIpc) is 2.58. The lowest BCUT2D eigenvalue weighted by atomic mass is 10.1. The molecule has 158 valence electrons. The fourth-order valence-corrected chi connectivity index (χ4v) is 2.27. The van der Waals surface area contributed by atoms with Crippen LogP contribution in [0.1, 0.15) is 16.7 Å². The van der Waals surface area contributed by atoms with Crippen molar-refractivity contribution in [2.45, 2.75) is 18.5 Å². The van der Waals surface area contributed by atoms with Crippen molar-refractivity contribution < 1.29 is 44.3 Å². The number of alkyl halides is 9. The van der Waals surface area contributed by atoms with Gasteiger partial charge >= 0.3 is 18.5 Å². The van der Waals surface area contributed by atoms with Gasteiger partial charge in [-0.15, -0.1) is 0 Å². The second kappa shape index (κ2) is 7.84. The Balaban J connectivity index is 2.19. The molecular formula is C17H11F9N2O. The number of benzene rings is 2. The second-order valence-corrected chi connectivity index (χ2v) is 5.74. The maximum Gasteiger partial charge on any atom is 0.418 e. The fraction of sp³-hybridized carbons (Fsp3) is 0.235. The number of rotatable bonds is 4. The molecule has 12 heteroatoms. The second-order valence-electron chi connectivity index (χ2n) is 5.74. The minimum absolute atomic E-state index is 0.0924. The Morgan fingerprint density at radius 1 is 0.759 bits per heavy atom. The first-order chi connectivity index (χ1) is 13.2. The molecule has 29 heavy (non-hydrogen) atoms. The molecule has 0 saturated heterocycles. The van der Waals surface area contributed by atoms with Gasteiger partial charge in [0.05, 0.1) is 28.9 Å². The summed E-state index contributed by atoms with van der Waals surface area (Å²) in [5, 5.41) is 3.97. The molecule has 0 saturated carbocycles. The summed E-state index contributed by atoms with van der Waals surface area (Å²) in [6.07, 6.45) is -14.9. The van der Waals surface area contributed by atoms with Gasteiger partial charge in [0.2, 0.25) is 5.91 Å². The fourth-order valence-electron chi connectivity index (χ4n) is 2.27. The maximum absolute atomic E-state index is 12.9. The van der Waals surface area contributed by atoms with Gasteiger partial charge in [-0.1, -0.05) is 12.1 Å². The van der Waals surface area contributed by atoms with Crippen LogP contribution < -0.4 is 10.6 Å². The van der Waals surface area contributed by atoms with Crippen molar-refractivity contribution in [1.82, 2.24) is 0 Å². The highest BCUT2D eigenvalue weighted by atomic mass is 19.4. The van der Waals surface area contributed by atoms with Crippen molar-refractivity contribution in [2.75, 3.05) is 17.2 Å². The van der Waals surface area contributed by atoms with E-state index >= 15 is 0 Å². The lowest BCUT2D eigenvalue weighted by Gasteiger charge is -2.16. The first-order valence-electron chi connectivity index (χ1n) is 7.67. The topological polar surface area (TPSA) is 41.1 Å². The highest BCUT2D eigenvalue weighted by molar-refractivity contribution is 5.94. The number of para-hydroxylation sites is 1. The van der Waals surface area contributed by atoms with E-state index in [1.807, 2.05) is 5.32 Å². The van der Waals surface area contributed by atoms with Gasteiger partial charge in [-0.05, 0) is 30.3 Å². The van der Waals surface area contributed by atoms with E-state index in [2.05, 4.69) is 5.32 Å². The molecule has 0 fully saturated rings. The van der Waals surface area contributed by atoms with Crippen LogP contribution in [0.5, 0.6) is 0 Å². The van der Waals surface area contributed by atoms with E-state index in [1.54, 1.807) is 0 Å². The lowest BCUT2D eigenvalue weighted by molar-refractivity contribution is -0.143. The van der Waals surface area contributed by atoms with Crippen molar-refractivity contribution in [1.29, 1.82) is 0 Å². The number of halogens is 9. The van der Waals surface area contributed by atoms with Crippen LogP contribution in [0.15, 0.2) is 42.5 Å². The molecule has 0 atom stereocenters. The molecule has 2 N–H and O–H groups in total. The molecule has 0 heterocycles. The number of hydrogen-bond acceptors (Lipinski definition) is 2. The summed E-state index contributed by atoms with van der Waals surface area (Å²) in [4.78, 5) is 11.8. The zero-order chi connectivity index (χ0) is 22.0. The van der Waals surface area contributed by atoms with Gasteiger partial charge in [0.15, 0.2) is 0 Å². The summed E-state index contributed by atoms with van der Waals surface area (Å²) in [7, 11) is 0. The molecule has 0 aliphatic carbocycles. The number of carbonyl (C=O) groups is 1. The van der Waals surface area contributed by atoms with Gasteiger partial charge in [0.1, 0.15) is 0 Å². The van der Waals surface area contributed by atoms with E-state index in [-0.39, 0.29) is 6.07 Å². The van der Waals surface area contributed by atoms with Crippen LogP contribution in [0.4, 0.5) is 50.9 Å². The summed E-state index contributed by atoms with van der Waals surface area (Å²) >= 11 is 0. The van der Waals surface area contributed by atoms with Crippen molar-refractivity contribution in [3.63, 3.8) is 0 Å². The smallest absolute Gasteiger partial charge is 0.376 e. The van der Waals surface area contributed by atoms with E-state index in [0.29, 0.717) is 18.2 Å². The highest BCUT2D eigenvalue weighted by Crippen LogP contribution is 2.38. The Morgan fingerprint density at radius 3 is 1.76 bits per heavy atom. The van der Waals surface area contributed by atoms with E-state index in [9.17, 15) is 44.3 Å². The Bertz CT molecular complexity index is 853. The zero-order valence-corrected chi connectivity index (χ0v) is 14.1. The quantitative estimate of drug-likeness (QED) is 0.603. The minimum Gasteiger partial charge on any atom is -0.376 e. The number of carbonyl (C=O) groups excluding carboxylic acids is 1. The first kappa shape index (κ1) is 22.4. The Morgan fingerprint density at radius 2 is 1.28 bits per heavy atom. The Labute approximate surface area is 157 Å². The van der Waals surface area contributed by atoms with E-state index < -0.39 is 59.0 Å². The predicted octanol–water partition coefficient (Wildman–Crippen LogP) is 5.79. The minimum atomic E-state index is -5.08. The molecule has 2 rings (SSSR count). The third-order valence-electron chi connectivity index (χ3n) is 3.55. The molecule has 0 unspecified atom stereocenters. The summed E-state index contributed by atoms with van der Waals surface area (Å²) < 4.78 is 115. The highest BCUT2D eigenvalue weighted by Gasteiger charge is 2.37. The van der Waals surface area contributed by atoms with Crippen molar-refractivity contribution in [3.8, 4) is 0 Å². The van der Waals surface area contributed by atoms with Gasteiger partial charge in [-0.3, -0.25) is 4.79 Å². The summed E-state index contributed by atoms with van der Waals surface area (Å²) in [6, 6.07) is 4.56. The molecule has 3 nitrogen and oxygen atoms in total. The molecule has 2 aromatic carbocycles. The standard InChI is InChI=1S/C17H11F9N2O/c18-15(19,20)9-5-10(16(21,22)23)7-11(6-9)27-8-14(29)28-13-4-2-1-3-12(13)17(24,25)26/h1-7,27H,8H2,(H,28,29). The van der Waals surface area contributed by atoms with Crippen LogP contribution in [0.25, 0.3) is 0 Å². The summed E-state index contributed by atoms with van der Waals surface area (Å²) in [5.74, 6) is -1.10. The van der Waals surface area contributed by atoms with Gasteiger partial charge in [-0.2, -0.15) is 39.5 Å². The van der Waals surface area contributed by atoms with Gasteiger partial charge in [0, 0.05) is 5.69 Å². The van der Waals surface area contributed by atoms with E-state index in [1.165, 1.54) is 6.07 Å². The molecule has 0 aromatic heterocycles. The third kappa shape index (κ3) is 6.03. The monoisotopic (exact) mass is 430 g/mol. The van der Waals surface area contributed by atoms with Crippen molar-refractivity contribution >= 4 is 17.3 Å². The molecule has 0 aliphatic rings. The molecular weight excluding hydrogens is 419 g/mol. The van der Waals surface area contributed by atoms with Crippen LogP contribution in [0, 0.1) is 0 Å². The van der Waals surface area contributed by atoms with Crippen LogP contribution in [-0.4, -0.2) is 12.5 Å². The molecule has 0 spiro atoms. The molecule has 0 bridgehead atoms. The SMILES string of the molecule is O=C(CNc1cc(C(F)(F)F)cc(C(F)(F)F)c1)Nc1ccccc1C(F)(F)F. The Kier molecular flexibility index (Phi) is 6.04. The molecule has 0 radical (unpaired) electrons. The number of hydrogen-bond donors (Lipinski definition) is 2. The summed E-state index contributed by atoms with van der Waals surface area (Å²) in [5.41, 5.74) is -5.64.